The lowest BCUT2D eigenvalue weighted by molar-refractivity contribution is 0.369. The van der Waals surface area contributed by atoms with Crippen molar-refractivity contribution in [1.82, 2.24) is 0 Å². The van der Waals surface area contributed by atoms with E-state index in [9.17, 15) is 9.50 Å². The molecule has 0 fully saturated rings. The zero-order chi connectivity index (χ0) is 9.14. The Bertz CT molecular complexity index is 254. The minimum absolute atomic E-state index is 0.0178. The third-order valence-corrected chi connectivity index (χ3v) is 1.73. The van der Waals surface area contributed by atoms with Gasteiger partial charge in [0.25, 0.3) is 0 Å². The van der Waals surface area contributed by atoms with Gasteiger partial charge in [-0.2, -0.15) is 0 Å². The smallest absolute Gasteiger partial charge is 0.163 e. The average Bonchev–Trinajstić information content (AvgIpc) is 2.08. The van der Waals surface area contributed by atoms with Crippen LogP contribution in [0, 0.1) is 5.82 Å². The van der Waals surface area contributed by atoms with Crippen molar-refractivity contribution in [1.29, 1.82) is 0 Å². The predicted molar refractivity (Wildman–Crippen MR) is 44.0 cm³/mol. The highest BCUT2D eigenvalue weighted by atomic mass is 19.1. The van der Waals surface area contributed by atoms with Crippen LogP contribution in [0.4, 0.5) is 4.39 Å². The van der Waals surface area contributed by atoms with Crippen LogP contribution in [-0.2, 0) is 6.42 Å². The number of phenols is 1. The number of phenolic OH excluding ortho intramolecular Hbond substituents is 1. The van der Waals surface area contributed by atoms with E-state index < -0.39 is 0 Å². The van der Waals surface area contributed by atoms with E-state index in [1.165, 1.54) is 19.2 Å². The first-order valence-corrected chi connectivity index (χ1v) is 3.74. The molecule has 0 bridgehead atoms. The second kappa shape index (κ2) is 3.43. The molecule has 1 N–H and O–H groups in total. The Morgan fingerprint density at radius 2 is 2.17 bits per heavy atom. The van der Waals surface area contributed by atoms with Gasteiger partial charge in [0.05, 0.1) is 7.11 Å². The topological polar surface area (TPSA) is 29.5 Å². The molecular weight excluding hydrogens is 159 g/mol. The fourth-order valence-electron chi connectivity index (χ4n) is 1.02. The van der Waals surface area contributed by atoms with Gasteiger partial charge in [0.15, 0.2) is 11.5 Å². The predicted octanol–water partition coefficient (Wildman–Crippen LogP) is 2.10. The highest BCUT2D eigenvalue weighted by molar-refractivity contribution is 5.42. The molecule has 12 heavy (non-hydrogen) atoms. The summed E-state index contributed by atoms with van der Waals surface area (Å²) in [5.41, 5.74) is 0.494. The number of ether oxygens (including phenoxy) is 1. The van der Waals surface area contributed by atoms with Crippen LogP contribution in [0.15, 0.2) is 12.1 Å². The standard InChI is InChI=1S/C9H11FO2/c1-3-6-4-8(11)9(12-2)5-7(6)10/h4-5,11H,3H2,1-2H3. The van der Waals surface area contributed by atoms with E-state index in [4.69, 9.17) is 4.74 Å². The molecule has 0 saturated carbocycles. The first-order chi connectivity index (χ1) is 5.69. The molecule has 1 aromatic rings. The fraction of sp³-hybridized carbons (Fsp3) is 0.333. The molecule has 0 heterocycles. The molecule has 0 aliphatic heterocycles. The van der Waals surface area contributed by atoms with Crippen molar-refractivity contribution in [3.8, 4) is 11.5 Å². The van der Waals surface area contributed by atoms with Crippen LogP contribution in [0.1, 0.15) is 12.5 Å². The van der Waals surface area contributed by atoms with Gasteiger partial charge >= 0.3 is 0 Å². The molecule has 0 atom stereocenters. The summed E-state index contributed by atoms with van der Waals surface area (Å²) in [4.78, 5) is 0. The summed E-state index contributed by atoms with van der Waals surface area (Å²) in [6, 6.07) is 2.57. The van der Waals surface area contributed by atoms with Gasteiger partial charge in [-0.25, -0.2) is 4.39 Å². The Hall–Kier alpha value is -1.25. The summed E-state index contributed by atoms with van der Waals surface area (Å²) in [6.45, 7) is 1.82. The Morgan fingerprint density at radius 3 is 2.67 bits per heavy atom. The lowest BCUT2D eigenvalue weighted by Gasteiger charge is -2.05. The maximum atomic E-state index is 13.0. The van der Waals surface area contributed by atoms with Crippen molar-refractivity contribution >= 4 is 0 Å². The van der Waals surface area contributed by atoms with Crippen molar-refractivity contribution in [2.45, 2.75) is 13.3 Å². The van der Waals surface area contributed by atoms with Gasteiger partial charge in [0.1, 0.15) is 5.82 Å². The molecule has 0 saturated heterocycles. The number of aryl methyl sites for hydroxylation is 1. The van der Waals surface area contributed by atoms with Gasteiger partial charge < -0.3 is 9.84 Å². The van der Waals surface area contributed by atoms with Crippen LogP contribution in [-0.4, -0.2) is 12.2 Å². The largest absolute Gasteiger partial charge is 0.504 e. The fourth-order valence-corrected chi connectivity index (χ4v) is 1.02. The van der Waals surface area contributed by atoms with Crippen LogP contribution in [0.25, 0.3) is 0 Å². The maximum Gasteiger partial charge on any atom is 0.163 e. The molecule has 3 heteroatoms. The molecule has 0 amide bonds. The lowest BCUT2D eigenvalue weighted by Crippen LogP contribution is -1.90. The third kappa shape index (κ3) is 1.49. The molecule has 0 unspecified atom stereocenters. The highest BCUT2D eigenvalue weighted by Gasteiger charge is 2.07. The van der Waals surface area contributed by atoms with Crippen molar-refractivity contribution in [2.24, 2.45) is 0 Å². The molecule has 66 valence electrons. The van der Waals surface area contributed by atoms with E-state index in [2.05, 4.69) is 0 Å². The van der Waals surface area contributed by atoms with Gasteiger partial charge in [-0.1, -0.05) is 6.92 Å². The molecule has 1 aromatic carbocycles. The molecule has 1 rings (SSSR count). The van der Waals surface area contributed by atoms with Crippen LogP contribution >= 0.6 is 0 Å². The monoisotopic (exact) mass is 170 g/mol. The maximum absolute atomic E-state index is 13.0. The summed E-state index contributed by atoms with van der Waals surface area (Å²) < 4.78 is 17.8. The number of methoxy groups -OCH3 is 1. The Morgan fingerprint density at radius 1 is 1.50 bits per heavy atom. The average molecular weight is 170 g/mol. The Labute approximate surface area is 70.6 Å². The third-order valence-electron chi connectivity index (χ3n) is 1.73. The minimum atomic E-state index is -0.341. The second-order valence-electron chi connectivity index (χ2n) is 2.47. The number of halogens is 1. The quantitative estimate of drug-likeness (QED) is 0.736. The van der Waals surface area contributed by atoms with Crippen molar-refractivity contribution < 1.29 is 14.2 Å². The van der Waals surface area contributed by atoms with E-state index >= 15 is 0 Å². The molecule has 0 aliphatic carbocycles. The Balaban J connectivity index is 3.16. The minimum Gasteiger partial charge on any atom is -0.504 e. The summed E-state index contributed by atoms with van der Waals surface area (Å²) in [7, 11) is 1.39. The van der Waals surface area contributed by atoms with Gasteiger partial charge in [0, 0.05) is 6.07 Å². The molecular formula is C9H11FO2. The van der Waals surface area contributed by atoms with E-state index in [-0.39, 0.29) is 17.3 Å². The normalized spacial score (nSPS) is 9.92. The zero-order valence-electron chi connectivity index (χ0n) is 7.10. The first-order valence-electron chi connectivity index (χ1n) is 3.74. The SMILES string of the molecule is CCc1cc(O)c(OC)cc1F. The van der Waals surface area contributed by atoms with E-state index in [0.29, 0.717) is 12.0 Å². The molecule has 0 aromatic heterocycles. The molecule has 0 spiro atoms. The van der Waals surface area contributed by atoms with Crippen LogP contribution in [0.2, 0.25) is 0 Å². The van der Waals surface area contributed by atoms with Crippen molar-refractivity contribution in [3.63, 3.8) is 0 Å². The number of aromatic hydroxyl groups is 1. The number of rotatable bonds is 2. The highest BCUT2D eigenvalue weighted by Crippen LogP contribution is 2.28. The molecule has 0 radical (unpaired) electrons. The lowest BCUT2D eigenvalue weighted by atomic mass is 10.1. The number of hydrogen-bond donors (Lipinski definition) is 1. The Kier molecular flexibility index (Phi) is 2.53. The van der Waals surface area contributed by atoms with Crippen LogP contribution in [0.3, 0.4) is 0 Å². The van der Waals surface area contributed by atoms with E-state index in [1.807, 2.05) is 6.92 Å². The molecule has 0 aliphatic rings. The summed E-state index contributed by atoms with van der Waals surface area (Å²) in [6.07, 6.45) is 0.559. The van der Waals surface area contributed by atoms with Gasteiger partial charge in [-0.3, -0.25) is 0 Å². The summed E-state index contributed by atoms with van der Waals surface area (Å²) >= 11 is 0. The van der Waals surface area contributed by atoms with Crippen molar-refractivity contribution in [2.75, 3.05) is 7.11 Å². The molecule has 2 nitrogen and oxygen atoms in total. The van der Waals surface area contributed by atoms with E-state index in [1.54, 1.807) is 0 Å². The van der Waals surface area contributed by atoms with E-state index in [0.717, 1.165) is 0 Å². The van der Waals surface area contributed by atoms with Gasteiger partial charge in [-0.15, -0.1) is 0 Å². The second-order valence-corrected chi connectivity index (χ2v) is 2.47. The number of benzene rings is 1. The summed E-state index contributed by atoms with van der Waals surface area (Å²) in [5.74, 6) is -0.187. The zero-order valence-corrected chi connectivity index (χ0v) is 7.10. The first kappa shape index (κ1) is 8.84. The van der Waals surface area contributed by atoms with Gasteiger partial charge in [0.2, 0.25) is 0 Å². The van der Waals surface area contributed by atoms with Crippen LogP contribution in [0.5, 0.6) is 11.5 Å². The number of hydrogen-bond acceptors (Lipinski definition) is 2. The van der Waals surface area contributed by atoms with Crippen LogP contribution < -0.4 is 4.74 Å². The summed E-state index contributed by atoms with van der Waals surface area (Å²) in [5, 5.41) is 9.26. The van der Waals surface area contributed by atoms with Crippen molar-refractivity contribution in [3.05, 3.63) is 23.5 Å². The van der Waals surface area contributed by atoms with Gasteiger partial charge in [-0.05, 0) is 18.1 Å².